The van der Waals surface area contributed by atoms with Crippen LogP contribution in [0.3, 0.4) is 0 Å². The van der Waals surface area contributed by atoms with Gasteiger partial charge in [0.1, 0.15) is 5.82 Å². The van der Waals surface area contributed by atoms with Crippen LogP contribution in [0.2, 0.25) is 0 Å². The Bertz CT molecular complexity index is 442. The number of hydrogen-bond acceptors (Lipinski definition) is 2. The van der Waals surface area contributed by atoms with Gasteiger partial charge in [0.2, 0.25) is 0 Å². The molecule has 0 unspecified atom stereocenters. The van der Waals surface area contributed by atoms with Gasteiger partial charge in [0.15, 0.2) is 0 Å². The fourth-order valence-corrected chi connectivity index (χ4v) is 1.94. The Hall–Kier alpha value is -1.46. The van der Waals surface area contributed by atoms with E-state index >= 15 is 0 Å². The van der Waals surface area contributed by atoms with E-state index in [1.165, 1.54) is 11.0 Å². The number of likely N-dealkylation sites (N-methyl/N-ethyl adjacent to an activating group) is 1. The van der Waals surface area contributed by atoms with Crippen LogP contribution >= 0.6 is 0 Å². The Kier molecular flexibility index (Phi) is 3.93. The van der Waals surface area contributed by atoms with Crippen molar-refractivity contribution in [2.45, 2.75) is 6.92 Å². The van der Waals surface area contributed by atoms with Gasteiger partial charge in [-0.25, -0.2) is 9.40 Å². The minimum Gasteiger partial charge on any atom is -0.335 e. The summed E-state index contributed by atoms with van der Waals surface area (Å²) in [5.41, 5.74) is 3.73. The largest absolute Gasteiger partial charge is 0.335 e. The summed E-state index contributed by atoms with van der Waals surface area (Å²) in [7, 11) is 2.13. The number of hydrogen-bond donors (Lipinski definition) is 2. The van der Waals surface area contributed by atoms with Gasteiger partial charge in [-0.15, -0.1) is 0 Å². The van der Waals surface area contributed by atoms with Gasteiger partial charge in [-0.05, 0) is 24.6 Å². The molecule has 1 fully saturated rings. The number of hydrazine groups is 1. The van der Waals surface area contributed by atoms with E-state index < -0.39 is 0 Å². The van der Waals surface area contributed by atoms with Crippen molar-refractivity contribution in [2.75, 3.05) is 33.2 Å². The molecule has 1 aliphatic rings. The average Bonchev–Trinajstić information content (AvgIpc) is 2.35. The van der Waals surface area contributed by atoms with Crippen LogP contribution in [0.15, 0.2) is 18.2 Å². The highest BCUT2D eigenvalue weighted by atomic mass is 19.1. The molecule has 0 saturated carbocycles. The number of halogens is 1. The predicted molar refractivity (Wildman–Crippen MR) is 66.8 cm³/mol. The number of quaternary nitrogens is 1. The summed E-state index contributed by atoms with van der Waals surface area (Å²) >= 11 is 0. The zero-order chi connectivity index (χ0) is 13.1. The molecule has 0 radical (unpaired) electrons. The van der Waals surface area contributed by atoms with Crippen LogP contribution in [-0.4, -0.2) is 44.1 Å². The number of piperazine rings is 1. The number of aryl methyl sites for hydroxylation is 1. The van der Waals surface area contributed by atoms with Crippen molar-refractivity contribution in [3.8, 4) is 0 Å². The van der Waals surface area contributed by atoms with Crippen LogP contribution < -0.4 is 10.3 Å². The topological polar surface area (TPSA) is 36.8 Å². The summed E-state index contributed by atoms with van der Waals surface area (Å²) < 4.78 is 13.4. The second kappa shape index (κ2) is 5.46. The molecule has 1 heterocycles. The van der Waals surface area contributed by atoms with Crippen LogP contribution in [0.25, 0.3) is 0 Å². The molecule has 5 heteroatoms. The van der Waals surface area contributed by atoms with Crippen molar-refractivity contribution < 1.29 is 14.1 Å². The Labute approximate surface area is 106 Å². The third kappa shape index (κ3) is 3.05. The number of carbonyl (C=O) groups is 1. The molecule has 0 atom stereocenters. The van der Waals surface area contributed by atoms with Crippen molar-refractivity contribution in [3.63, 3.8) is 0 Å². The zero-order valence-corrected chi connectivity index (χ0v) is 10.8. The number of rotatable bonds is 2. The molecule has 1 aliphatic heterocycles. The summed E-state index contributed by atoms with van der Waals surface area (Å²) in [6, 6.07) is 4.55. The summed E-state index contributed by atoms with van der Waals surface area (Å²) in [6.07, 6.45) is 0. The second-order valence-electron chi connectivity index (χ2n) is 4.85. The first-order valence-corrected chi connectivity index (χ1v) is 6.19. The molecule has 0 aromatic heterocycles. The number of amides is 1. The van der Waals surface area contributed by atoms with Gasteiger partial charge in [-0.3, -0.25) is 10.2 Å². The SMILES string of the molecule is Cc1ccc(C(=O)NN2CC[NH+](C)CC2)cc1F. The van der Waals surface area contributed by atoms with Crippen molar-refractivity contribution >= 4 is 5.91 Å². The lowest BCUT2D eigenvalue weighted by Gasteiger charge is -2.30. The van der Waals surface area contributed by atoms with Crippen LogP contribution in [-0.2, 0) is 0 Å². The van der Waals surface area contributed by atoms with E-state index in [-0.39, 0.29) is 11.7 Å². The number of nitrogens with one attached hydrogen (secondary N) is 2. The molecule has 0 bridgehead atoms. The lowest BCUT2D eigenvalue weighted by molar-refractivity contribution is -0.884. The molecular formula is C13H19FN3O+. The van der Waals surface area contributed by atoms with Crippen molar-refractivity contribution in [2.24, 2.45) is 0 Å². The number of nitrogens with zero attached hydrogens (tertiary/aromatic N) is 1. The normalized spacial score (nSPS) is 17.7. The molecule has 2 rings (SSSR count). The van der Waals surface area contributed by atoms with Gasteiger partial charge in [0.05, 0.1) is 33.2 Å². The monoisotopic (exact) mass is 252 g/mol. The quantitative estimate of drug-likeness (QED) is 0.752. The molecule has 1 aromatic carbocycles. The maximum Gasteiger partial charge on any atom is 0.265 e. The van der Waals surface area contributed by atoms with Gasteiger partial charge >= 0.3 is 0 Å². The van der Waals surface area contributed by atoms with Crippen LogP contribution in [0.1, 0.15) is 15.9 Å². The Morgan fingerprint density at radius 1 is 1.39 bits per heavy atom. The molecule has 18 heavy (non-hydrogen) atoms. The average molecular weight is 252 g/mol. The van der Waals surface area contributed by atoms with E-state index in [1.54, 1.807) is 19.1 Å². The Balaban J connectivity index is 1.97. The van der Waals surface area contributed by atoms with Crippen LogP contribution in [0, 0.1) is 12.7 Å². The van der Waals surface area contributed by atoms with Gasteiger partial charge in [0, 0.05) is 5.56 Å². The molecular weight excluding hydrogens is 233 g/mol. The maximum absolute atomic E-state index is 13.4. The minimum atomic E-state index is -0.342. The summed E-state index contributed by atoms with van der Waals surface area (Å²) in [4.78, 5) is 13.4. The first kappa shape index (κ1) is 13.0. The van der Waals surface area contributed by atoms with E-state index in [9.17, 15) is 9.18 Å². The second-order valence-corrected chi connectivity index (χ2v) is 4.85. The van der Waals surface area contributed by atoms with Crippen LogP contribution in [0.5, 0.6) is 0 Å². The van der Waals surface area contributed by atoms with Crippen molar-refractivity contribution in [3.05, 3.63) is 35.1 Å². The molecule has 1 saturated heterocycles. The molecule has 98 valence electrons. The van der Waals surface area contributed by atoms with E-state index in [1.807, 2.05) is 5.01 Å². The fourth-order valence-electron chi connectivity index (χ4n) is 1.94. The van der Waals surface area contributed by atoms with Gasteiger partial charge in [0.25, 0.3) is 5.91 Å². The van der Waals surface area contributed by atoms with Crippen LogP contribution in [0.4, 0.5) is 4.39 Å². The van der Waals surface area contributed by atoms with Crippen molar-refractivity contribution in [1.82, 2.24) is 10.4 Å². The Morgan fingerprint density at radius 2 is 2.06 bits per heavy atom. The third-order valence-electron chi connectivity index (χ3n) is 3.31. The molecule has 0 spiro atoms. The summed E-state index contributed by atoms with van der Waals surface area (Å²) in [5, 5.41) is 1.90. The molecule has 0 aliphatic carbocycles. The van der Waals surface area contributed by atoms with Gasteiger partial charge < -0.3 is 4.90 Å². The van der Waals surface area contributed by atoms with Gasteiger partial charge in [-0.2, -0.15) is 0 Å². The summed E-state index contributed by atoms with van der Waals surface area (Å²) in [6.45, 7) is 5.34. The van der Waals surface area contributed by atoms with E-state index in [0.717, 1.165) is 26.2 Å². The highest BCUT2D eigenvalue weighted by Crippen LogP contribution is 2.09. The first-order chi connectivity index (χ1) is 8.56. The maximum atomic E-state index is 13.4. The number of carbonyl (C=O) groups excluding carboxylic acids is 1. The predicted octanol–water partition coefficient (Wildman–Crippen LogP) is -0.391. The lowest BCUT2D eigenvalue weighted by Crippen LogP contribution is -3.12. The highest BCUT2D eigenvalue weighted by Gasteiger charge is 2.19. The molecule has 1 aromatic rings. The lowest BCUT2D eigenvalue weighted by atomic mass is 10.1. The van der Waals surface area contributed by atoms with E-state index in [4.69, 9.17) is 0 Å². The third-order valence-corrected chi connectivity index (χ3v) is 3.31. The van der Waals surface area contributed by atoms with Gasteiger partial charge in [-0.1, -0.05) is 6.07 Å². The number of benzene rings is 1. The Morgan fingerprint density at radius 3 is 2.67 bits per heavy atom. The standard InChI is InChI=1S/C13H18FN3O/c1-10-3-4-11(9-12(10)14)13(18)15-17-7-5-16(2)6-8-17/h3-4,9H,5-8H2,1-2H3,(H,15,18)/p+1. The smallest absolute Gasteiger partial charge is 0.265 e. The summed E-state index contributed by atoms with van der Waals surface area (Å²) in [5.74, 6) is -0.584. The fraction of sp³-hybridized carbons (Fsp3) is 0.462. The molecule has 4 nitrogen and oxygen atoms in total. The zero-order valence-electron chi connectivity index (χ0n) is 10.8. The highest BCUT2D eigenvalue weighted by molar-refractivity contribution is 5.93. The van der Waals surface area contributed by atoms with E-state index in [2.05, 4.69) is 12.5 Å². The van der Waals surface area contributed by atoms with Crippen molar-refractivity contribution in [1.29, 1.82) is 0 Å². The molecule has 1 amide bonds. The molecule has 2 N–H and O–H groups in total. The minimum absolute atomic E-state index is 0.242. The first-order valence-electron chi connectivity index (χ1n) is 6.19. The van der Waals surface area contributed by atoms with E-state index in [0.29, 0.717) is 11.1 Å².